The molecule has 0 fully saturated rings. The van der Waals surface area contributed by atoms with Gasteiger partial charge in [-0.25, -0.2) is 4.68 Å². The molecular formula is C16H18N4O3. The lowest BCUT2D eigenvalue weighted by Gasteiger charge is -2.24. The fourth-order valence-electron chi connectivity index (χ4n) is 2.84. The summed E-state index contributed by atoms with van der Waals surface area (Å²) in [5.41, 5.74) is 1.41. The van der Waals surface area contributed by atoms with Crippen LogP contribution in [0.15, 0.2) is 34.0 Å². The second-order valence-corrected chi connectivity index (χ2v) is 5.83. The lowest BCUT2D eigenvalue weighted by molar-refractivity contribution is 0.0931. The molecule has 23 heavy (non-hydrogen) atoms. The fraction of sp³-hybridized carbons (Fsp3) is 0.375. The summed E-state index contributed by atoms with van der Waals surface area (Å²) < 4.78 is 2.70. The highest BCUT2D eigenvalue weighted by molar-refractivity contribution is 5.94. The van der Waals surface area contributed by atoms with Crippen molar-refractivity contribution in [3.63, 3.8) is 0 Å². The Labute approximate surface area is 132 Å². The second kappa shape index (κ2) is 5.83. The Hall–Kier alpha value is -2.70. The van der Waals surface area contributed by atoms with Gasteiger partial charge in [0.25, 0.3) is 17.0 Å². The summed E-state index contributed by atoms with van der Waals surface area (Å²) in [4.78, 5) is 36.0. The number of pyridine rings is 1. The number of hydrogen-bond donors (Lipinski definition) is 1. The van der Waals surface area contributed by atoms with Crippen molar-refractivity contribution in [1.82, 2.24) is 19.7 Å². The number of rotatable bonds is 2. The first-order valence-electron chi connectivity index (χ1n) is 7.48. The monoisotopic (exact) mass is 314 g/mol. The molecule has 0 saturated carbocycles. The normalized spacial score (nSPS) is 16.7. The summed E-state index contributed by atoms with van der Waals surface area (Å²) in [5, 5.41) is 7.14. The van der Waals surface area contributed by atoms with E-state index in [1.165, 1.54) is 15.3 Å². The first-order chi connectivity index (χ1) is 11.0. The Morgan fingerprint density at radius 3 is 2.91 bits per heavy atom. The molecular weight excluding hydrogens is 296 g/mol. The maximum absolute atomic E-state index is 12.3. The third-order valence-corrected chi connectivity index (χ3v) is 4.16. The highest BCUT2D eigenvalue weighted by Crippen LogP contribution is 2.18. The van der Waals surface area contributed by atoms with E-state index in [1.54, 1.807) is 32.4 Å². The van der Waals surface area contributed by atoms with Crippen LogP contribution >= 0.6 is 0 Å². The molecule has 7 heteroatoms. The second-order valence-electron chi connectivity index (χ2n) is 5.83. The molecule has 0 aliphatic heterocycles. The van der Waals surface area contributed by atoms with Crippen LogP contribution in [0.5, 0.6) is 0 Å². The van der Waals surface area contributed by atoms with Crippen LogP contribution in [0.25, 0.3) is 0 Å². The van der Waals surface area contributed by atoms with Gasteiger partial charge in [0, 0.05) is 32.4 Å². The molecule has 1 aliphatic carbocycles. The van der Waals surface area contributed by atoms with Gasteiger partial charge in [-0.3, -0.25) is 14.4 Å². The number of carbonyl (C=O) groups is 1. The van der Waals surface area contributed by atoms with Gasteiger partial charge in [-0.05, 0) is 37.0 Å². The number of aryl methyl sites for hydroxylation is 3. The molecule has 0 radical (unpaired) electrons. The van der Waals surface area contributed by atoms with E-state index in [9.17, 15) is 14.4 Å². The largest absolute Gasteiger partial charge is 0.349 e. The molecule has 120 valence electrons. The molecule has 3 rings (SSSR count). The number of amides is 1. The summed E-state index contributed by atoms with van der Waals surface area (Å²) in [6, 6.07) is 4.66. The fourth-order valence-corrected chi connectivity index (χ4v) is 2.84. The standard InChI is InChI=1S/C16H18N4O3/c1-19-7-3-4-12(16(19)23)15(22)17-11-5-6-13-10(8-11)9-14(21)20(2)18-13/h3-4,7,9,11H,5-6,8H2,1-2H3,(H,17,22). The lowest BCUT2D eigenvalue weighted by atomic mass is 9.92. The van der Waals surface area contributed by atoms with Gasteiger partial charge in [0.05, 0.1) is 5.69 Å². The van der Waals surface area contributed by atoms with Crippen LogP contribution in [0.1, 0.15) is 28.0 Å². The topological polar surface area (TPSA) is 86.0 Å². The molecule has 0 bridgehead atoms. The van der Waals surface area contributed by atoms with Crippen molar-refractivity contribution >= 4 is 5.91 Å². The zero-order valence-corrected chi connectivity index (χ0v) is 13.1. The van der Waals surface area contributed by atoms with Crippen molar-refractivity contribution in [2.75, 3.05) is 0 Å². The van der Waals surface area contributed by atoms with E-state index in [0.717, 1.165) is 17.7 Å². The molecule has 7 nitrogen and oxygen atoms in total. The molecule has 1 aliphatic rings. The lowest BCUT2D eigenvalue weighted by Crippen LogP contribution is -2.42. The van der Waals surface area contributed by atoms with Gasteiger partial charge in [-0.15, -0.1) is 0 Å². The molecule has 1 amide bonds. The van der Waals surface area contributed by atoms with Gasteiger partial charge in [0.2, 0.25) is 0 Å². The van der Waals surface area contributed by atoms with Crippen LogP contribution in [0.3, 0.4) is 0 Å². The minimum absolute atomic E-state index is 0.103. The molecule has 1 atom stereocenters. The predicted octanol–water partition coefficient (Wildman–Crippen LogP) is -0.234. The van der Waals surface area contributed by atoms with Gasteiger partial charge >= 0.3 is 0 Å². The van der Waals surface area contributed by atoms with Crippen molar-refractivity contribution in [3.05, 3.63) is 61.9 Å². The maximum Gasteiger partial charge on any atom is 0.266 e. The minimum atomic E-state index is -0.378. The summed E-state index contributed by atoms with van der Waals surface area (Å²) in [6.07, 6.45) is 3.59. The van der Waals surface area contributed by atoms with Crippen molar-refractivity contribution in [1.29, 1.82) is 0 Å². The molecule has 0 spiro atoms. The predicted molar refractivity (Wildman–Crippen MR) is 84.4 cm³/mol. The Balaban J connectivity index is 1.78. The van der Waals surface area contributed by atoms with Crippen molar-refractivity contribution < 1.29 is 4.79 Å². The SMILES string of the molecule is Cn1cccc(C(=O)NC2CCc3nn(C)c(=O)cc3C2)c1=O. The van der Waals surface area contributed by atoms with Gasteiger partial charge in [0.15, 0.2) is 0 Å². The number of nitrogens with zero attached hydrogens (tertiary/aromatic N) is 3. The van der Waals surface area contributed by atoms with Crippen molar-refractivity contribution in [2.45, 2.75) is 25.3 Å². The van der Waals surface area contributed by atoms with Gasteiger partial charge in [-0.2, -0.15) is 5.10 Å². The maximum atomic E-state index is 12.3. The summed E-state index contributed by atoms with van der Waals surface area (Å²) >= 11 is 0. The first kappa shape index (κ1) is 15.2. The van der Waals surface area contributed by atoms with Crippen LogP contribution in [0, 0.1) is 0 Å². The van der Waals surface area contributed by atoms with Crippen LogP contribution in [0.4, 0.5) is 0 Å². The van der Waals surface area contributed by atoms with E-state index in [1.807, 2.05) is 0 Å². The zero-order chi connectivity index (χ0) is 16.6. The van der Waals surface area contributed by atoms with Crippen LogP contribution in [-0.2, 0) is 26.9 Å². The van der Waals surface area contributed by atoms with Gasteiger partial charge in [0.1, 0.15) is 5.56 Å². The van der Waals surface area contributed by atoms with Gasteiger partial charge in [-0.1, -0.05) is 0 Å². The average molecular weight is 314 g/mol. The Morgan fingerprint density at radius 1 is 1.35 bits per heavy atom. The van der Waals surface area contributed by atoms with Crippen molar-refractivity contribution in [3.8, 4) is 0 Å². The van der Waals surface area contributed by atoms with Crippen LogP contribution in [-0.4, -0.2) is 26.3 Å². The zero-order valence-electron chi connectivity index (χ0n) is 13.1. The summed E-state index contributed by atoms with van der Waals surface area (Å²) in [5.74, 6) is -0.378. The van der Waals surface area contributed by atoms with E-state index >= 15 is 0 Å². The Kier molecular flexibility index (Phi) is 3.85. The van der Waals surface area contributed by atoms with Crippen LogP contribution in [0.2, 0.25) is 0 Å². The van der Waals surface area contributed by atoms with E-state index < -0.39 is 0 Å². The minimum Gasteiger partial charge on any atom is -0.349 e. The van der Waals surface area contributed by atoms with E-state index in [2.05, 4.69) is 10.4 Å². The van der Waals surface area contributed by atoms with Crippen LogP contribution < -0.4 is 16.4 Å². The molecule has 0 saturated heterocycles. The molecule has 1 unspecified atom stereocenters. The Bertz CT molecular complexity index is 882. The average Bonchev–Trinajstić information content (AvgIpc) is 2.51. The number of hydrogen-bond acceptors (Lipinski definition) is 4. The number of nitrogens with one attached hydrogen (secondary N) is 1. The number of carbonyl (C=O) groups excluding carboxylic acids is 1. The smallest absolute Gasteiger partial charge is 0.266 e. The first-order valence-corrected chi connectivity index (χ1v) is 7.48. The van der Waals surface area contributed by atoms with E-state index in [-0.39, 0.29) is 28.6 Å². The van der Waals surface area contributed by atoms with Crippen molar-refractivity contribution in [2.24, 2.45) is 14.1 Å². The number of aromatic nitrogens is 3. The molecule has 1 N–H and O–H groups in total. The highest BCUT2D eigenvalue weighted by atomic mass is 16.2. The van der Waals surface area contributed by atoms with E-state index in [4.69, 9.17) is 0 Å². The molecule has 0 aromatic carbocycles. The quantitative estimate of drug-likeness (QED) is 0.829. The highest BCUT2D eigenvalue weighted by Gasteiger charge is 2.23. The van der Waals surface area contributed by atoms with Gasteiger partial charge < -0.3 is 9.88 Å². The summed E-state index contributed by atoms with van der Waals surface area (Å²) in [6.45, 7) is 0. The molecule has 2 aromatic rings. The third-order valence-electron chi connectivity index (χ3n) is 4.16. The number of fused-ring (bicyclic) bond motifs is 1. The third kappa shape index (κ3) is 2.94. The summed E-state index contributed by atoms with van der Waals surface area (Å²) in [7, 11) is 3.24. The molecule has 2 aromatic heterocycles. The Morgan fingerprint density at radius 2 is 2.13 bits per heavy atom. The van der Waals surface area contributed by atoms with E-state index in [0.29, 0.717) is 12.8 Å². The molecule has 2 heterocycles.